The highest BCUT2D eigenvalue weighted by Gasteiger charge is 2.22. The van der Waals surface area contributed by atoms with Gasteiger partial charge in [-0.1, -0.05) is 36.2 Å². The maximum absolute atomic E-state index is 12.3. The van der Waals surface area contributed by atoms with E-state index in [2.05, 4.69) is 20.8 Å². The quantitative estimate of drug-likeness (QED) is 0.717. The molecule has 1 fully saturated rings. The van der Waals surface area contributed by atoms with Crippen molar-refractivity contribution in [3.8, 4) is 11.5 Å². The highest BCUT2D eigenvalue weighted by molar-refractivity contribution is 7.99. The molecular formula is C16H20ClN5O3S. The zero-order chi connectivity index (χ0) is 18.5. The normalized spacial score (nSPS) is 14.4. The first-order valence-corrected chi connectivity index (χ1v) is 9.60. The van der Waals surface area contributed by atoms with Gasteiger partial charge in [-0.3, -0.25) is 4.79 Å². The van der Waals surface area contributed by atoms with E-state index in [0.29, 0.717) is 33.4 Å². The van der Waals surface area contributed by atoms with Gasteiger partial charge in [0.25, 0.3) is 0 Å². The van der Waals surface area contributed by atoms with E-state index in [4.69, 9.17) is 21.1 Å². The second-order valence-electron chi connectivity index (χ2n) is 5.87. The number of ether oxygens (including phenoxy) is 2. The van der Waals surface area contributed by atoms with Crippen LogP contribution in [0.25, 0.3) is 0 Å². The predicted molar refractivity (Wildman–Crippen MR) is 99.2 cm³/mol. The third kappa shape index (κ3) is 4.21. The van der Waals surface area contributed by atoms with Gasteiger partial charge in [0.1, 0.15) is 11.5 Å². The average molecular weight is 398 g/mol. The van der Waals surface area contributed by atoms with E-state index in [1.807, 2.05) is 4.68 Å². The molecule has 0 radical (unpaired) electrons. The number of thioether (sulfide) groups is 1. The minimum atomic E-state index is -0.199. The number of hydrogen-bond donors (Lipinski definition) is 1. The maximum atomic E-state index is 12.3. The van der Waals surface area contributed by atoms with Crippen LogP contribution in [0.15, 0.2) is 17.3 Å². The van der Waals surface area contributed by atoms with Gasteiger partial charge in [-0.25, -0.2) is 4.68 Å². The summed E-state index contributed by atoms with van der Waals surface area (Å²) in [5, 5.41) is 15.7. The fraction of sp³-hybridized carbons (Fsp3) is 0.500. The second-order valence-corrected chi connectivity index (χ2v) is 7.22. The number of amides is 1. The van der Waals surface area contributed by atoms with Crippen LogP contribution >= 0.6 is 23.4 Å². The Labute approximate surface area is 160 Å². The molecule has 0 atom stereocenters. The van der Waals surface area contributed by atoms with Crippen LogP contribution in [0, 0.1) is 0 Å². The largest absolute Gasteiger partial charge is 0.495 e. The third-order valence-electron chi connectivity index (χ3n) is 4.21. The van der Waals surface area contributed by atoms with E-state index in [1.54, 1.807) is 12.1 Å². The molecule has 26 heavy (non-hydrogen) atoms. The topological polar surface area (TPSA) is 91.2 Å². The Balaban J connectivity index is 1.63. The van der Waals surface area contributed by atoms with Gasteiger partial charge in [0.15, 0.2) is 0 Å². The molecule has 3 rings (SSSR count). The van der Waals surface area contributed by atoms with Crippen molar-refractivity contribution in [1.82, 2.24) is 20.2 Å². The summed E-state index contributed by atoms with van der Waals surface area (Å²) in [6.45, 7) is 0. The molecule has 1 saturated carbocycles. The molecule has 0 spiro atoms. The molecule has 8 nitrogen and oxygen atoms in total. The summed E-state index contributed by atoms with van der Waals surface area (Å²) >= 11 is 7.44. The van der Waals surface area contributed by atoms with Crippen LogP contribution in [0.1, 0.15) is 31.7 Å². The van der Waals surface area contributed by atoms with Crippen molar-refractivity contribution < 1.29 is 14.3 Å². The number of aromatic nitrogens is 4. The lowest BCUT2D eigenvalue weighted by molar-refractivity contribution is -0.113. The minimum absolute atomic E-state index is 0.180. The highest BCUT2D eigenvalue weighted by atomic mass is 35.5. The fourth-order valence-corrected chi connectivity index (χ4v) is 3.92. The van der Waals surface area contributed by atoms with E-state index in [1.165, 1.54) is 38.8 Å². The molecule has 1 aliphatic rings. The molecule has 1 amide bonds. The number of nitrogens with zero attached hydrogens (tertiary/aromatic N) is 4. The molecule has 2 aromatic rings. The van der Waals surface area contributed by atoms with Gasteiger partial charge in [0.2, 0.25) is 11.1 Å². The van der Waals surface area contributed by atoms with Gasteiger partial charge in [-0.2, -0.15) is 0 Å². The monoisotopic (exact) mass is 397 g/mol. The van der Waals surface area contributed by atoms with Gasteiger partial charge in [-0.05, 0) is 29.3 Å². The first kappa shape index (κ1) is 18.8. The van der Waals surface area contributed by atoms with Gasteiger partial charge in [-0.15, -0.1) is 5.10 Å². The summed E-state index contributed by atoms with van der Waals surface area (Å²) in [6.07, 6.45) is 4.53. The number of nitrogens with one attached hydrogen (secondary N) is 1. The van der Waals surface area contributed by atoms with Crippen LogP contribution in [0.4, 0.5) is 5.69 Å². The molecule has 0 bridgehead atoms. The second kappa shape index (κ2) is 8.59. The Morgan fingerprint density at radius 2 is 2.04 bits per heavy atom. The lowest BCUT2D eigenvalue weighted by atomic mass is 10.2. The van der Waals surface area contributed by atoms with Crippen molar-refractivity contribution >= 4 is 35.0 Å². The lowest BCUT2D eigenvalue weighted by Crippen LogP contribution is -2.16. The molecule has 0 aliphatic heterocycles. The summed E-state index contributed by atoms with van der Waals surface area (Å²) in [4.78, 5) is 12.3. The summed E-state index contributed by atoms with van der Waals surface area (Å²) in [6, 6.07) is 3.56. The van der Waals surface area contributed by atoms with Crippen LogP contribution in [-0.2, 0) is 4.79 Å². The molecular weight excluding hydrogens is 378 g/mol. The molecule has 1 aromatic carbocycles. The summed E-state index contributed by atoms with van der Waals surface area (Å²) in [5.41, 5.74) is 0.485. The van der Waals surface area contributed by atoms with Crippen molar-refractivity contribution in [2.24, 2.45) is 0 Å². The van der Waals surface area contributed by atoms with E-state index >= 15 is 0 Å². The fourth-order valence-electron chi connectivity index (χ4n) is 2.93. The summed E-state index contributed by atoms with van der Waals surface area (Å²) in [5.74, 6) is 0.933. The lowest BCUT2D eigenvalue weighted by Gasteiger charge is -2.13. The van der Waals surface area contributed by atoms with Crippen LogP contribution in [0.2, 0.25) is 5.02 Å². The number of benzene rings is 1. The zero-order valence-corrected chi connectivity index (χ0v) is 16.1. The Morgan fingerprint density at radius 1 is 1.31 bits per heavy atom. The van der Waals surface area contributed by atoms with Crippen molar-refractivity contribution in [2.75, 3.05) is 25.3 Å². The van der Waals surface area contributed by atoms with Crippen molar-refractivity contribution in [2.45, 2.75) is 36.9 Å². The predicted octanol–water partition coefficient (Wildman–Crippen LogP) is 3.19. The maximum Gasteiger partial charge on any atom is 0.234 e. The van der Waals surface area contributed by atoms with Gasteiger partial charge >= 0.3 is 0 Å². The molecule has 0 saturated heterocycles. The molecule has 1 heterocycles. The number of carbonyl (C=O) groups excluding carboxylic acids is 1. The smallest absolute Gasteiger partial charge is 0.234 e. The SMILES string of the molecule is COc1cc(OC)c(NC(=O)CSc2nnnn2C2CCCC2)cc1Cl. The van der Waals surface area contributed by atoms with Crippen molar-refractivity contribution in [1.29, 1.82) is 0 Å². The van der Waals surface area contributed by atoms with Crippen molar-refractivity contribution in [3.63, 3.8) is 0 Å². The molecule has 140 valence electrons. The Hall–Kier alpha value is -2.00. The van der Waals surface area contributed by atoms with E-state index in [9.17, 15) is 4.79 Å². The number of hydrogen-bond acceptors (Lipinski definition) is 7. The van der Waals surface area contributed by atoms with Crippen LogP contribution in [0.5, 0.6) is 11.5 Å². The van der Waals surface area contributed by atoms with Crippen LogP contribution < -0.4 is 14.8 Å². The van der Waals surface area contributed by atoms with Gasteiger partial charge in [0.05, 0.1) is 36.7 Å². The van der Waals surface area contributed by atoms with E-state index in [0.717, 1.165) is 12.8 Å². The zero-order valence-electron chi connectivity index (χ0n) is 14.6. The van der Waals surface area contributed by atoms with E-state index in [-0.39, 0.29) is 11.7 Å². The van der Waals surface area contributed by atoms with Gasteiger partial charge < -0.3 is 14.8 Å². The number of rotatable bonds is 7. The first-order valence-electron chi connectivity index (χ1n) is 8.24. The number of methoxy groups -OCH3 is 2. The number of anilines is 1. The third-order valence-corrected chi connectivity index (χ3v) is 5.44. The molecule has 1 aliphatic carbocycles. The summed E-state index contributed by atoms with van der Waals surface area (Å²) in [7, 11) is 3.03. The number of tetrazole rings is 1. The standard InChI is InChI=1S/C16H20ClN5O3S/c1-24-13-8-14(25-2)12(7-11(13)17)18-15(23)9-26-16-19-20-21-22(16)10-5-3-4-6-10/h7-8,10H,3-6,9H2,1-2H3,(H,18,23). The number of carbonyl (C=O) groups is 1. The number of halogens is 1. The Bertz CT molecular complexity index is 779. The minimum Gasteiger partial charge on any atom is -0.495 e. The Kier molecular flexibility index (Phi) is 6.20. The van der Waals surface area contributed by atoms with Crippen LogP contribution in [0.3, 0.4) is 0 Å². The Morgan fingerprint density at radius 3 is 2.73 bits per heavy atom. The van der Waals surface area contributed by atoms with Crippen molar-refractivity contribution in [3.05, 3.63) is 17.2 Å². The van der Waals surface area contributed by atoms with Gasteiger partial charge in [0, 0.05) is 6.07 Å². The van der Waals surface area contributed by atoms with E-state index < -0.39 is 0 Å². The molecule has 0 unspecified atom stereocenters. The van der Waals surface area contributed by atoms with Crippen LogP contribution in [-0.4, -0.2) is 46.1 Å². The molecule has 1 aromatic heterocycles. The average Bonchev–Trinajstić information content (AvgIpc) is 3.31. The summed E-state index contributed by atoms with van der Waals surface area (Å²) < 4.78 is 12.3. The first-order chi connectivity index (χ1) is 12.6. The molecule has 10 heteroatoms. The molecule has 1 N–H and O–H groups in total. The highest BCUT2D eigenvalue weighted by Crippen LogP contribution is 2.36.